The van der Waals surface area contributed by atoms with Crippen LogP contribution in [0.1, 0.15) is 0 Å². The van der Waals surface area contributed by atoms with Gasteiger partial charge in [0.1, 0.15) is 5.01 Å². The van der Waals surface area contributed by atoms with Crippen LogP contribution in [0.3, 0.4) is 0 Å². The fourth-order valence-electron chi connectivity index (χ4n) is 5.97. The Labute approximate surface area is 273 Å². The molecule has 9 aromatic rings. The van der Waals surface area contributed by atoms with E-state index < -0.39 is 0 Å². The van der Waals surface area contributed by atoms with E-state index in [0.717, 1.165) is 48.4 Å². The average Bonchev–Trinajstić information content (AvgIpc) is 3.73. The van der Waals surface area contributed by atoms with E-state index in [1.807, 2.05) is 42.5 Å². The van der Waals surface area contributed by atoms with Gasteiger partial charge in [-0.15, -0.1) is 22.7 Å². The van der Waals surface area contributed by atoms with Gasteiger partial charge in [0.05, 0.1) is 15.8 Å². The SMILES string of the molecule is c1ccc(-c2ccc(-c3nc(-c4ccccc4)nc(-c4c5nc(-c6ccccc6)sc5cc5sc6ccccc6c45)n3)cc2)cc1. The zero-order valence-corrected chi connectivity index (χ0v) is 26.1. The number of thiophene rings is 1. The first-order valence-electron chi connectivity index (χ1n) is 15.1. The molecule has 0 amide bonds. The van der Waals surface area contributed by atoms with Crippen molar-refractivity contribution in [1.82, 2.24) is 19.9 Å². The van der Waals surface area contributed by atoms with Crippen molar-refractivity contribution in [3.05, 3.63) is 146 Å². The number of fused-ring (bicyclic) bond motifs is 4. The topological polar surface area (TPSA) is 51.6 Å². The number of benzene rings is 6. The zero-order chi connectivity index (χ0) is 30.5. The van der Waals surface area contributed by atoms with E-state index in [1.165, 1.54) is 20.3 Å². The van der Waals surface area contributed by atoms with Gasteiger partial charge in [0.2, 0.25) is 0 Å². The smallest absolute Gasteiger partial charge is 0.167 e. The second kappa shape index (κ2) is 11.1. The van der Waals surface area contributed by atoms with Crippen LogP contribution in [-0.2, 0) is 0 Å². The lowest BCUT2D eigenvalue weighted by atomic mass is 10.0. The molecule has 3 heterocycles. The molecule has 46 heavy (non-hydrogen) atoms. The molecule has 0 spiro atoms. The maximum absolute atomic E-state index is 5.27. The van der Waals surface area contributed by atoms with E-state index in [-0.39, 0.29) is 0 Å². The Kier molecular flexibility index (Phi) is 6.47. The van der Waals surface area contributed by atoms with Crippen molar-refractivity contribution in [2.24, 2.45) is 0 Å². The number of hydrogen-bond donors (Lipinski definition) is 0. The van der Waals surface area contributed by atoms with Gasteiger partial charge in [-0.2, -0.15) is 0 Å². The highest BCUT2D eigenvalue weighted by molar-refractivity contribution is 7.27. The lowest BCUT2D eigenvalue weighted by Gasteiger charge is -2.11. The van der Waals surface area contributed by atoms with E-state index in [1.54, 1.807) is 22.7 Å². The molecule has 3 aromatic heterocycles. The average molecular weight is 625 g/mol. The lowest BCUT2D eigenvalue weighted by Crippen LogP contribution is -2.01. The first kappa shape index (κ1) is 26.8. The largest absolute Gasteiger partial charge is 0.235 e. The van der Waals surface area contributed by atoms with Crippen LogP contribution < -0.4 is 0 Å². The number of thiazole rings is 1. The third-order valence-electron chi connectivity index (χ3n) is 8.19. The van der Waals surface area contributed by atoms with Crippen molar-refractivity contribution in [2.75, 3.05) is 0 Å². The van der Waals surface area contributed by atoms with Gasteiger partial charge in [-0.25, -0.2) is 19.9 Å². The third kappa shape index (κ3) is 4.67. The Hall–Kier alpha value is -5.56. The molecule has 9 rings (SSSR count). The van der Waals surface area contributed by atoms with E-state index in [2.05, 4.69) is 103 Å². The standard InChI is InChI=1S/C40H24N4S2/c1-4-12-25(13-5-1)26-20-22-28(23-21-26)38-42-37(27-14-6-2-7-15-27)43-39(44-38)35-34-30-18-10-11-19-31(30)45-32(34)24-33-36(35)41-40(46-33)29-16-8-3-9-17-29/h1-24H. The predicted molar refractivity (Wildman–Crippen MR) is 193 cm³/mol. The Morgan fingerprint density at radius 3 is 1.59 bits per heavy atom. The van der Waals surface area contributed by atoms with Gasteiger partial charge in [0, 0.05) is 36.9 Å². The van der Waals surface area contributed by atoms with Gasteiger partial charge in [-0.3, -0.25) is 0 Å². The summed E-state index contributed by atoms with van der Waals surface area (Å²) in [6.45, 7) is 0. The van der Waals surface area contributed by atoms with Crippen molar-refractivity contribution >= 4 is 53.1 Å². The zero-order valence-electron chi connectivity index (χ0n) is 24.5. The van der Waals surface area contributed by atoms with Crippen LogP contribution in [0.15, 0.2) is 146 Å². The van der Waals surface area contributed by atoms with Crippen LogP contribution in [0.2, 0.25) is 0 Å². The molecule has 0 aliphatic carbocycles. The summed E-state index contributed by atoms with van der Waals surface area (Å²) in [5, 5.41) is 3.30. The number of aromatic nitrogens is 4. The molecule has 6 heteroatoms. The third-order valence-corrected chi connectivity index (χ3v) is 10.4. The van der Waals surface area contributed by atoms with Crippen LogP contribution in [0, 0.1) is 0 Å². The van der Waals surface area contributed by atoms with Gasteiger partial charge in [0.15, 0.2) is 17.5 Å². The Balaban J connectivity index is 1.32. The molecule has 0 aliphatic heterocycles. The molecule has 0 saturated heterocycles. The monoisotopic (exact) mass is 624 g/mol. The van der Waals surface area contributed by atoms with Crippen LogP contribution >= 0.6 is 22.7 Å². The summed E-state index contributed by atoms with van der Waals surface area (Å²) in [7, 11) is 0. The van der Waals surface area contributed by atoms with Crippen molar-refractivity contribution in [3.63, 3.8) is 0 Å². The second-order valence-electron chi connectivity index (χ2n) is 11.1. The maximum atomic E-state index is 5.27. The molecule has 0 atom stereocenters. The van der Waals surface area contributed by atoms with Crippen LogP contribution in [0.25, 0.3) is 86.3 Å². The lowest BCUT2D eigenvalue weighted by molar-refractivity contribution is 1.08. The highest BCUT2D eigenvalue weighted by atomic mass is 32.1. The first-order chi connectivity index (χ1) is 22.8. The Bertz CT molecular complexity index is 2500. The van der Waals surface area contributed by atoms with Gasteiger partial charge in [0.25, 0.3) is 0 Å². The Morgan fingerprint density at radius 2 is 0.891 bits per heavy atom. The van der Waals surface area contributed by atoms with Gasteiger partial charge < -0.3 is 0 Å². The highest BCUT2D eigenvalue weighted by Gasteiger charge is 2.22. The van der Waals surface area contributed by atoms with E-state index in [0.29, 0.717) is 17.5 Å². The molecule has 0 N–H and O–H groups in total. The molecule has 216 valence electrons. The maximum Gasteiger partial charge on any atom is 0.167 e. The molecule has 0 aliphatic rings. The van der Waals surface area contributed by atoms with Crippen molar-refractivity contribution in [3.8, 4) is 55.9 Å². The summed E-state index contributed by atoms with van der Waals surface area (Å²) in [5.41, 5.74) is 7.15. The van der Waals surface area contributed by atoms with E-state index in [9.17, 15) is 0 Å². The summed E-state index contributed by atoms with van der Waals surface area (Å²) in [6, 6.07) is 50.2. The fraction of sp³-hybridized carbons (Fsp3) is 0. The number of hydrogen-bond acceptors (Lipinski definition) is 6. The summed E-state index contributed by atoms with van der Waals surface area (Å²) < 4.78 is 3.54. The highest BCUT2D eigenvalue weighted by Crippen LogP contribution is 2.46. The molecule has 0 saturated carbocycles. The summed E-state index contributed by atoms with van der Waals surface area (Å²) in [6.07, 6.45) is 0. The molecular formula is C40H24N4S2. The molecular weight excluding hydrogens is 601 g/mol. The minimum Gasteiger partial charge on any atom is -0.235 e. The van der Waals surface area contributed by atoms with Gasteiger partial charge in [-0.1, -0.05) is 133 Å². The first-order valence-corrected chi connectivity index (χ1v) is 16.7. The van der Waals surface area contributed by atoms with Gasteiger partial charge >= 0.3 is 0 Å². The minimum absolute atomic E-state index is 0.625. The number of nitrogens with zero attached hydrogens (tertiary/aromatic N) is 4. The van der Waals surface area contributed by atoms with Crippen molar-refractivity contribution < 1.29 is 0 Å². The van der Waals surface area contributed by atoms with Crippen molar-refractivity contribution in [1.29, 1.82) is 0 Å². The quantitative estimate of drug-likeness (QED) is 0.191. The normalized spacial score (nSPS) is 11.5. The summed E-state index contributed by atoms with van der Waals surface area (Å²) in [4.78, 5) is 20.7. The molecule has 0 unspecified atom stereocenters. The van der Waals surface area contributed by atoms with Crippen LogP contribution in [-0.4, -0.2) is 19.9 Å². The van der Waals surface area contributed by atoms with Crippen LogP contribution in [0.4, 0.5) is 0 Å². The summed E-state index contributed by atoms with van der Waals surface area (Å²) in [5.74, 6) is 1.89. The Morgan fingerprint density at radius 1 is 0.370 bits per heavy atom. The molecule has 0 bridgehead atoms. The predicted octanol–water partition coefficient (Wildman–Crippen LogP) is 11.2. The molecule has 0 radical (unpaired) electrons. The van der Waals surface area contributed by atoms with E-state index in [4.69, 9.17) is 19.9 Å². The molecule has 6 aromatic carbocycles. The fourth-order valence-corrected chi connectivity index (χ4v) is 8.22. The second-order valence-corrected chi connectivity index (χ2v) is 13.2. The molecule has 0 fully saturated rings. The summed E-state index contributed by atoms with van der Waals surface area (Å²) >= 11 is 3.51. The van der Waals surface area contributed by atoms with E-state index >= 15 is 0 Å². The van der Waals surface area contributed by atoms with Gasteiger partial charge in [-0.05, 0) is 23.3 Å². The number of rotatable bonds is 5. The van der Waals surface area contributed by atoms with Crippen LogP contribution in [0.5, 0.6) is 0 Å². The minimum atomic E-state index is 0.625. The molecule has 4 nitrogen and oxygen atoms in total. The van der Waals surface area contributed by atoms with Crippen molar-refractivity contribution in [2.45, 2.75) is 0 Å².